The van der Waals surface area contributed by atoms with Gasteiger partial charge in [0.2, 0.25) is 5.91 Å². The van der Waals surface area contributed by atoms with Gasteiger partial charge in [0.25, 0.3) is 0 Å². The highest BCUT2D eigenvalue weighted by Crippen LogP contribution is 2.32. The average molecular weight is 448 g/mol. The first kappa shape index (κ1) is 24.3. The molecule has 168 valence electrons. The molecule has 0 bridgehead atoms. The SMILES string of the molecule is CCOC(=O)C1=C(C)N(CC)C(=S)NC1c1cccc(NC(=O)CCCC(=O)OC)c1. The zero-order valence-electron chi connectivity index (χ0n) is 18.3. The molecule has 1 aromatic rings. The molecule has 1 aliphatic rings. The number of nitrogens with one attached hydrogen (secondary N) is 2. The molecule has 0 saturated carbocycles. The number of esters is 2. The molecular formula is C22H29N3O5S. The fourth-order valence-corrected chi connectivity index (χ4v) is 3.78. The average Bonchev–Trinajstić information content (AvgIpc) is 2.73. The predicted octanol–water partition coefficient (Wildman–Crippen LogP) is 3.06. The third kappa shape index (κ3) is 6.27. The number of benzene rings is 1. The van der Waals surface area contributed by atoms with E-state index in [0.29, 0.717) is 29.3 Å². The summed E-state index contributed by atoms with van der Waals surface area (Å²) < 4.78 is 9.86. The Kier molecular flexibility index (Phi) is 8.99. The summed E-state index contributed by atoms with van der Waals surface area (Å²) in [6, 6.07) is 6.73. The standard InChI is InChI=1S/C22H29N3O5S/c1-5-25-14(3)19(21(28)30-6-2)20(24-22(25)31)15-9-7-10-16(13-15)23-17(26)11-8-12-18(27)29-4/h7,9-10,13,20H,5-6,8,11-12H2,1-4H3,(H,23,26)(H,24,31). The van der Waals surface area contributed by atoms with Crippen LogP contribution in [0.15, 0.2) is 35.5 Å². The van der Waals surface area contributed by atoms with Crippen molar-refractivity contribution in [1.82, 2.24) is 10.2 Å². The van der Waals surface area contributed by atoms with Crippen LogP contribution >= 0.6 is 12.2 Å². The number of allylic oxidation sites excluding steroid dienone is 1. The lowest BCUT2D eigenvalue weighted by Crippen LogP contribution is -2.47. The van der Waals surface area contributed by atoms with Crippen LogP contribution in [-0.4, -0.2) is 48.1 Å². The Morgan fingerprint density at radius 3 is 2.61 bits per heavy atom. The number of amides is 1. The molecular weight excluding hydrogens is 418 g/mol. The summed E-state index contributed by atoms with van der Waals surface area (Å²) in [5.41, 5.74) is 2.59. The molecule has 0 spiro atoms. The van der Waals surface area contributed by atoms with E-state index in [1.165, 1.54) is 7.11 Å². The van der Waals surface area contributed by atoms with Crippen molar-refractivity contribution in [2.45, 2.75) is 46.1 Å². The molecule has 9 heteroatoms. The number of hydrogen-bond acceptors (Lipinski definition) is 6. The lowest BCUT2D eigenvalue weighted by molar-refractivity contribution is -0.141. The number of ether oxygens (including phenoxy) is 2. The van der Waals surface area contributed by atoms with Crippen LogP contribution in [-0.2, 0) is 23.9 Å². The lowest BCUT2D eigenvalue weighted by atomic mass is 9.94. The maximum atomic E-state index is 12.7. The number of rotatable bonds is 9. The van der Waals surface area contributed by atoms with Crippen LogP contribution in [0.25, 0.3) is 0 Å². The normalized spacial score (nSPS) is 15.9. The quantitative estimate of drug-likeness (QED) is 0.440. The molecule has 1 aromatic carbocycles. The van der Waals surface area contributed by atoms with E-state index in [4.69, 9.17) is 17.0 Å². The summed E-state index contributed by atoms with van der Waals surface area (Å²) >= 11 is 5.49. The Hall–Kier alpha value is -2.94. The van der Waals surface area contributed by atoms with E-state index < -0.39 is 12.0 Å². The van der Waals surface area contributed by atoms with Crippen LogP contribution < -0.4 is 10.6 Å². The van der Waals surface area contributed by atoms with Gasteiger partial charge in [0.05, 0.1) is 25.3 Å². The molecule has 0 fully saturated rings. The maximum absolute atomic E-state index is 12.7. The van der Waals surface area contributed by atoms with Crippen molar-refractivity contribution in [2.75, 3.05) is 25.6 Å². The minimum Gasteiger partial charge on any atom is -0.469 e. The third-order valence-electron chi connectivity index (χ3n) is 4.92. The highest BCUT2D eigenvalue weighted by atomic mass is 32.1. The van der Waals surface area contributed by atoms with Crippen LogP contribution in [0, 0.1) is 0 Å². The van der Waals surface area contributed by atoms with E-state index in [9.17, 15) is 14.4 Å². The fourth-order valence-electron chi connectivity index (χ4n) is 3.40. The molecule has 0 radical (unpaired) electrons. The zero-order chi connectivity index (χ0) is 23.0. The van der Waals surface area contributed by atoms with E-state index >= 15 is 0 Å². The molecule has 0 aromatic heterocycles. The van der Waals surface area contributed by atoms with Gasteiger partial charge in [-0.3, -0.25) is 9.59 Å². The number of thiocarbonyl (C=S) groups is 1. The van der Waals surface area contributed by atoms with Gasteiger partial charge in [-0.15, -0.1) is 0 Å². The number of carbonyl (C=O) groups is 3. The summed E-state index contributed by atoms with van der Waals surface area (Å²) in [7, 11) is 1.32. The highest BCUT2D eigenvalue weighted by molar-refractivity contribution is 7.80. The molecule has 1 heterocycles. The Balaban J connectivity index is 2.23. The van der Waals surface area contributed by atoms with Crippen LogP contribution in [0.2, 0.25) is 0 Å². The molecule has 1 unspecified atom stereocenters. The minimum atomic E-state index is -0.495. The summed E-state index contributed by atoms with van der Waals surface area (Å²) in [5.74, 6) is -0.956. The predicted molar refractivity (Wildman–Crippen MR) is 121 cm³/mol. The molecule has 0 saturated heterocycles. The molecule has 2 N–H and O–H groups in total. The Labute approximate surface area is 188 Å². The number of hydrogen-bond donors (Lipinski definition) is 2. The molecule has 1 amide bonds. The second-order valence-corrected chi connectivity index (χ2v) is 7.34. The van der Waals surface area contributed by atoms with Crippen molar-refractivity contribution in [3.8, 4) is 0 Å². The van der Waals surface area contributed by atoms with E-state index in [2.05, 4.69) is 15.4 Å². The second kappa shape index (κ2) is 11.5. The second-order valence-electron chi connectivity index (χ2n) is 6.95. The largest absolute Gasteiger partial charge is 0.469 e. The Bertz CT molecular complexity index is 884. The van der Waals surface area contributed by atoms with E-state index in [1.54, 1.807) is 25.1 Å². The Morgan fingerprint density at radius 1 is 1.23 bits per heavy atom. The fraction of sp³-hybridized carbons (Fsp3) is 0.455. The summed E-state index contributed by atoms with van der Waals surface area (Å²) in [5, 5.41) is 6.58. The summed E-state index contributed by atoms with van der Waals surface area (Å²) in [4.78, 5) is 38.0. The van der Waals surface area contributed by atoms with Gasteiger partial charge >= 0.3 is 11.9 Å². The summed E-state index contributed by atoms with van der Waals surface area (Å²) in [6.45, 7) is 6.45. The van der Waals surface area contributed by atoms with Crippen molar-refractivity contribution >= 4 is 40.9 Å². The zero-order valence-corrected chi connectivity index (χ0v) is 19.1. The third-order valence-corrected chi connectivity index (χ3v) is 5.26. The van der Waals surface area contributed by atoms with E-state index in [-0.39, 0.29) is 31.3 Å². The topological polar surface area (TPSA) is 97.0 Å². The van der Waals surface area contributed by atoms with Gasteiger partial charge < -0.3 is 25.0 Å². The van der Waals surface area contributed by atoms with Crippen LogP contribution in [0.1, 0.15) is 51.6 Å². The first-order chi connectivity index (χ1) is 14.8. The Morgan fingerprint density at radius 2 is 1.97 bits per heavy atom. The molecule has 1 aliphatic heterocycles. The van der Waals surface area contributed by atoms with Crippen LogP contribution in [0.4, 0.5) is 5.69 Å². The lowest BCUT2D eigenvalue weighted by Gasteiger charge is -2.37. The minimum absolute atomic E-state index is 0.189. The van der Waals surface area contributed by atoms with Gasteiger partial charge in [-0.2, -0.15) is 0 Å². The van der Waals surface area contributed by atoms with Gasteiger partial charge in [0.1, 0.15) is 0 Å². The molecule has 1 atom stereocenters. The van der Waals surface area contributed by atoms with E-state index in [0.717, 1.165) is 11.3 Å². The van der Waals surface area contributed by atoms with Crippen molar-refractivity contribution in [1.29, 1.82) is 0 Å². The maximum Gasteiger partial charge on any atom is 0.338 e. The van der Waals surface area contributed by atoms with Crippen LogP contribution in [0.3, 0.4) is 0 Å². The van der Waals surface area contributed by atoms with Gasteiger partial charge in [0.15, 0.2) is 5.11 Å². The van der Waals surface area contributed by atoms with Gasteiger partial charge in [-0.05, 0) is 57.1 Å². The molecule has 2 rings (SSSR count). The molecule has 0 aliphatic carbocycles. The summed E-state index contributed by atoms with van der Waals surface area (Å²) in [6.07, 6.45) is 0.788. The number of methoxy groups -OCH3 is 1. The highest BCUT2D eigenvalue weighted by Gasteiger charge is 2.34. The van der Waals surface area contributed by atoms with Crippen LogP contribution in [0.5, 0.6) is 0 Å². The van der Waals surface area contributed by atoms with Gasteiger partial charge in [-0.1, -0.05) is 12.1 Å². The molecule has 8 nitrogen and oxygen atoms in total. The van der Waals surface area contributed by atoms with Crippen molar-refractivity contribution in [2.24, 2.45) is 0 Å². The number of carbonyl (C=O) groups excluding carboxylic acids is 3. The van der Waals surface area contributed by atoms with Gasteiger partial charge in [-0.25, -0.2) is 4.79 Å². The first-order valence-corrected chi connectivity index (χ1v) is 10.7. The van der Waals surface area contributed by atoms with Crippen molar-refractivity contribution in [3.63, 3.8) is 0 Å². The number of nitrogens with zero attached hydrogens (tertiary/aromatic N) is 1. The van der Waals surface area contributed by atoms with Crippen molar-refractivity contribution in [3.05, 3.63) is 41.1 Å². The monoisotopic (exact) mass is 447 g/mol. The smallest absolute Gasteiger partial charge is 0.338 e. The molecule has 31 heavy (non-hydrogen) atoms. The van der Waals surface area contributed by atoms with Crippen molar-refractivity contribution < 1.29 is 23.9 Å². The van der Waals surface area contributed by atoms with Gasteiger partial charge in [0, 0.05) is 30.8 Å². The number of anilines is 1. The van der Waals surface area contributed by atoms with E-state index in [1.807, 2.05) is 24.8 Å². The first-order valence-electron chi connectivity index (χ1n) is 10.2.